The van der Waals surface area contributed by atoms with Gasteiger partial charge in [0.15, 0.2) is 5.84 Å². The Labute approximate surface area is 128 Å². The lowest BCUT2D eigenvalue weighted by Gasteiger charge is -2.08. The van der Waals surface area contributed by atoms with Crippen LogP contribution in [0, 0.1) is 5.82 Å². The fourth-order valence-corrected chi connectivity index (χ4v) is 2.83. The molecule has 2 aromatic rings. The third-order valence-corrected chi connectivity index (χ3v) is 4.25. The summed E-state index contributed by atoms with van der Waals surface area (Å²) in [6.07, 6.45) is 0. The van der Waals surface area contributed by atoms with E-state index in [0.29, 0.717) is 11.3 Å². The van der Waals surface area contributed by atoms with Crippen LogP contribution < -0.4 is 5.73 Å². The summed E-state index contributed by atoms with van der Waals surface area (Å²) in [7, 11) is 0. The number of rotatable bonds is 4. The fraction of sp³-hybridized carbons (Fsp3) is 0.0714. The van der Waals surface area contributed by atoms with E-state index in [1.54, 1.807) is 17.8 Å². The first-order valence-electron chi connectivity index (χ1n) is 5.75. The van der Waals surface area contributed by atoms with Crippen LogP contribution in [0.5, 0.6) is 0 Å². The Hall–Kier alpha value is -1.53. The minimum Gasteiger partial charge on any atom is -0.409 e. The molecule has 0 spiro atoms. The van der Waals surface area contributed by atoms with Crippen LogP contribution in [0.2, 0.25) is 0 Å². The molecule has 0 aliphatic rings. The third-order valence-electron chi connectivity index (χ3n) is 2.66. The number of hydrogen-bond acceptors (Lipinski definition) is 3. The van der Waals surface area contributed by atoms with Crippen molar-refractivity contribution in [3.05, 3.63) is 63.9 Å². The van der Waals surface area contributed by atoms with Gasteiger partial charge in [0.2, 0.25) is 0 Å². The number of halogens is 2. The summed E-state index contributed by atoms with van der Waals surface area (Å²) in [5, 5.41) is 11.7. The largest absolute Gasteiger partial charge is 0.409 e. The number of nitrogens with zero attached hydrogens (tertiary/aromatic N) is 1. The number of oxime groups is 1. The van der Waals surface area contributed by atoms with Gasteiger partial charge in [-0.05, 0) is 42.0 Å². The van der Waals surface area contributed by atoms with Crippen LogP contribution in [0.1, 0.15) is 11.1 Å². The highest BCUT2D eigenvalue weighted by molar-refractivity contribution is 9.10. The maximum atomic E-state index is 13.2. The molecule has 0 saturated carbocycles. The molecule has 0 fully saturated rings. The summed E-state index contributed by atoms with van der Waals surface area (Å²) in [5.74, 6) is 0.105. The van der Waals surface area contributed by atoms with Gasteiger partial charge < -0.3 is 10.9 Å². The molecule has 0 aromatic heterocycles. The average Bonchev–Trinajstić information content (AvgIpc) is 2.46. The topological polar surface area (TPSA) is 58.6 Å². The molecule has 3 nitrogen and oxygen atoms in total. The molecule has 0 unspecified atom stereocenters. The Bertz CT molecular complexity index is 632. The lowest BCUT2D eigenvalue weighted by molar-refractivity contribution is 0.318. The van der Waals surface area contributed by atoms with Gasteiger partial charge in [0.25, 0.3) is 0 Å². The van der Waals surface area contributed by atoms with Gasteiger partial charge >= 0.3 is 0 Å². The molecular weight excluding hydrogens is 343 g/mol. The summed E-state index contributed by atoms with van der Waals surface area (Å²) in [6.45, 7) is 0. The monoisotopic (exact) mass is 354 g/mol. The Kier molecular flexibility index (Phi) is 5.03. The standard InChI is InChI=1S/C14H12BrFN2OS/c15-10-2-5-12(6-3-10)20-8-9-1-4-11(16)7-13(9)14(17)18-19/h1-7,19H,8H2,(H2,17,18). The van der Waals surface area contributed by atoms with Crippen LogP contribution in [0.25, 0.3) is 0 Å². The Morgan fingerprint density at radius 2 is 1.95 bits per heavy atom. The van der Waals surface area contributed by atoms with Gasteiger partial charge in [-0.3, -0.25) is 0 Å². The van der Waals surface area contributed by atoms with Crippen molar-refractivity contribution in [1.29, 1.82) is 0 Å². The van der Waals surface area contributed by atoms with E-state index in [4.69, 9.17) is 10.9 Å². The van der Waals surface area contributed by atoms with Gasteiger partial charge in [-0.2, -0.15) is 0 Å². The number of benzene rings is 2. The molecule has 0 aliphatic carbocycles. The van der Waals surface area contributed by atoms with Gasteiger partial charge in [0, 0.05) is 20.7 Å². The number of thioether (sulfide) groups is 1. The van der Waals surface area contributed by atoms with E-state index in [2.05, 4.69) is 21.1 Å². The quantitative estimate of drug-likeness (QED) is 0.287. The highest BCUT2D eigenvalue weighted by Gasteiger charge is 2.09. The predicted molar refractivity (Wildman–Crippen MR) is 82.6 cm³/mol. The molecule has 2 rings (SSSR count). The zero-order valence-corrected chi connectivity index (χ0v) is 12.8. The molecule has 6 heteroatoms. The van der Waals surface area contributed by atoms with E-state index >= 15 is 0 Å². The molecule has 3 N–H and O–H groups in total. The maximum Gasteiger partial charge on any atom is 0.170 e. The van der Waals surface area contributed by atoms with Crippen molar-refractivity contribution in [3.8, 4) is 0 Å². The molecule has 0 heterocycles. The van der Waals surface area contributed by atoms with Crippen molar-refractivity contribution in [1.82, 2.24) is 0 Å². The average molecular weight is 355 g/mol. The highest BCUT2D eigenvalue weighted by atomic mass is 79.9. The molecule has 0 aliphatic heterocycles. The smallest absolute Gasteiger partial charge is 0.170 e. The molecule has 0 atom stereocenters. The number of amidine groups is 1. The lowest BCUT2D eigenvalue weighted by Crippen LogP contribution is -2.15. The Morgan fingerprint density at radius 1 is 1.25 bits per heavy atom. The molecule has 2 aromatic carbocycles. The first-order chi connectivity index (χ1) is 9.60. The first kappa shape index (κ1) is 14.9. The molecule has 0 bridgehead atoms. The highest BCUT2D eigenvalue weighted by Crippen LogP contribution is 2.26. The predicted octanol–water partition coefficient (Wildman–Crippen LogP) is 3.98. The number of nitrogens with two attached hydrogens (primary N) is 1. The normalized spacial score (nSPS) is 11.6. The molecule has 104 valence electrons. The van der Waals surface area contributed by atoms with Crippen molar-refractivity contribution < 1.29 is 9.60 Å². The van der Waals surface area contributed by atoms with E-state index in [0.717, 1.165) is 14.9 Å². The van der Waals surface area contributed by atoms with E-state index < -0.39 is 5.82 Å². The zero-order valence-electron chi connectivity index (χ0n) is 10.4. The first-order valence-corrected chi connectivity index (χ1v) is 7.52. The van der Waals surface area contributed by atoms with Gasteiger partial charge in [0.05, 0.1) is 0 Å². The summed E-state index contributed by atoms with van der Waals surface area (Å²) in [5.41, 5.74) is 6.80. The van der Waals surface area contributed by atoms with Gasteiger partial charge in [-0.15, -0.1) is 11.8 Å². The minimum absolute atomic E-state index is 0.0871. The van der Waals surface area contributed by atoms with Crippen LogP contribution in [-0.4, -0.2) is 11.0 Å². The van der Waals surface area contributed by atoms with E-state index in [9.17, 15) is 4.39 Å². The molecule has 0 radical (unpaired) electrons. The van der Waals surface area contributed by atoms with Gasteiger partial charge in [0.1, 0.15) is 5.82 Å². The SMILES string of the molecule is NC(=NO)c1cc(F)ccc1CSc1ccc(Br)cc1. The fourth-order valence-electron chi connectivity index (χ4n) is 1.66. The lowest BCUT2D eigenvalue weighted by atomic mass is 10.1. The summed E-state index contributed by atoms with van der Waals surface area (Å²) in [6, 6.07) is 12.2. The van der Waals surface area contributed by atoms with Crippen molar-refractivity contribution >= 4 is 33.5 Å². The second-order valence-corrected chi connectivity index (χ2v) is 5.99. The van der Waals surface area contributed by atoms with E-state index in [1.807, 2.05) is 24.3 Å². The summed E-state index contributed by atoms with van der Waals surface area (Å²) in [4.78, 5) is 1.09. The minimum atomic E-state index is -0.413. The second-order valence-electron chi connectivity index (χ2n) is 4.03. The molecular formula is C14H12BrFN2OS. The Balaban J connectivity index is 2.19. The van der Waals surface area contributed by atoms with Gasteiger partial charge in [-0.25, -0.2) is 4.39 Å². The van der Waals surface area contributed by atoms with E-state index in [1.165, 1.54) is 12.1 Å². The molecule has 0 saturated heterocycles. The van der Waals surface area contributed by atoms with Crippen LogP contribution in [0.3, 0.4) is 0 Å². The van der Waals surface area contributed by atoms with Crippen molar-refractivity contribution in [2.75, 3.05) is 0 Å². The van der Waals surface area contributed by atoms with Crippen LogP contribution in [0.15, 0.2) is 57.0 Å². The summed E-state index contributed by atoms with van der Waals surface area (Å²) < 4.78 is 14.3. The second kappa shape index (κ2) is 6.76. The van der Waals surface area contributed by atoms with Crippen molar-refractivity contribution in [2.24, 2.45) is 10.9 Å². The molecule has 20 heavy (non-hydrogen) atoms. The van der Waals surface area contributed by atoms with Gasteiger partial charge in [-0.1, -0.05) is 27.2 Å². The summed E-state index contributed by atoms with van der Waals surface area (Å²) >= 11 is 4.97. The zero-order chi connectivity index (χ0) is 14.5. The van der Waals surface area contributed by atoms with Crippen LogP contribution in [-0.2, 0) is 5.75 Å². The van der Waals surface area contributed by atoms with Crippen LogP contribution in [0.4, 0.5) is 4.39 Å². The molecule has 0 amide bonds. The maximum absolute atomic E-state index is 13.2. The van der Waals surface area contributed by atoms with E-state index in [-0.39, 0.29) is 5.84 Å². The van der Waals surface area contributed by atoms with Crippen LogP contribution >= 0.6 is 27.7 Å². The Morgan fingerprint density at radius 3 is 2.60 bits per heavy atom. The van der Waals surface area contributed by atoms with Crippen molar-refractivity contribution in [3.63, 3.8) is 0 Å². The number of hydrogen-bond donors (Lipinski definition) is 2. The van der Waals surface area contributed by atoms with Crippen molar-refractivity contribution in [2.45, 2.75) is 10.6 Å². The third kappa shape index (κ3) is 3.74.